The smallest absolute Gasteiger partial charge is 0.312 e. The lowest BCUT2D eigenvalue weighted by Crippen LogP contribution is -2.23. The van der Waals surface area contributed by atoms with Crippen molar-refractivity contribution in [3.05, 3.63) is 19.3 Å². The van der Waals surface area contributed by atoms with Crippen molar-refractivity contribution in [2.45, 2.75) is 12.8 Å². The van der Waals surface area contributed by atoms with Gasteiger partial charge in [0.15, 0.2) is 0 Å². The molecular formula is C9H12O3. The molecule has 0 aromatic carbocycles. The van der Waals surface area contributed by atoms with Gasteiger partial charge in [-0.3, -0.25) is 4.79 Å². The monoisotopic (exact) mass is 168 g/mol. The molecule has 1 rings (SSSR count). The molecule has 1 aliphatic heterocycles. The van der Waals surface area contributed by atoms with Gasteiger partial charge in [-0.25, -0.2) is 0 Å². The third-order valence-corrected chi connectivity index (χ3v) is 1.59. The first kappa shape index (κ1) is 9.26. The molecule has 0 aliphatic carbocycles. The van der Waals surface area contributed by atoms with E-state index in [0.717, 1.165) is 12.8 Å². The van der Waals surface area contributed by atoms with Gasteiger partial charge >= 0.3 is 5.97 Å². The molecule has 1 heterocycles. The van der Waals surface area contributed by atoms with Crippen molar-refractivity contribution >= 4 is 5.97 Å². The van der Waals surface area contributed by atoms with Crippen molar-refractivity contribution in [1.82, 2.24) is 0 Å². The largest absolute Gasteiger partial charge is 0.461 e. The molecule has 0 aromatic heterocycles. The minimum atomic E-state index is -0.307. The van der Waals surface area contributed by atoms with Crippen molar-refractivity contribution in [3.63, 3.8) is 0 Å². The van der Waals surface area contributed by atoms with E-state index in [4.69, 9.17) is 9.47 Å². The van der Waals surface area contributed by atoms with Gasteiger partial charge < -0.3 is 9.47 Å². The van der Waals surface area contributed by atoms with Gasteiger partial charge in [-0.2, -0.15) is 0 Å². The zero-order chi connectivity index (χ0) is 8.81. The highest BCUT2D eigenvalue weighted by atomic mass is 16.5. The molecule has 66 valence electrons. The van der Waals surface area contributed by atoms with Crippen LogP contribution in [0.4, 0.5) is 0 Å². The third-order valence-electron chi connectivity index (χ3n) is 1.59. The van der Waals surface area contributed by atoms with Gasteiger partial charge in [-0.1, -0.05) is 12.7 Å². The van der Waals surface area contributed by atoms with Gasteiger partial charge in [-0.05, 0) is 12.8 Å². The number of esters is 1. The molecule has 12 heavy (non-hydrogen) atoms. The summed E-state index contributed by atoms with van der Waals surface area (Å²) in [5.74, 6) is -0.576. The minimum Gasteiger partial charge on any atom is -0.461 e. The highest BCUT2D eigenvalue weighted by molar-refractivity contribution is 5.73. The van der Waals surface area contributed by atoms with Gasteiger partial charge in [0.2, 0.25) is 0 Å². The number of ether oxygens (including phenoxy) is 2. The van der Waals surface area contributed by atoms with E-state index in [1.54, 1.807) is 6.08 Å². The number of hydrogen-bond donors (Lipinski definition) is 0. The maximum Gasteiger partial charge on any atom is 0.312 e. The molecule has 2 radical (unpaired) electrons. The molecule has 3 heteroatoms. The first-order valence-electron chi connectivity index (χ1n) is 3.99. The Morgan fingerprint density at radius 3 is 3.25 bits per heavy atom. The van der Waals surface area contributed by atoms with Crippen LogP contribution in [0.25, 0.3) is 0 Å². The number of rotatable bonds is 3. The van der Waals surface area contributed by atoms with E-state index in [0.29, 0.717) is 6.61 Å². The predicted molar refractivity (Wildman–Crippen MR) is 43.1 cm³/mol. The Morgan fingerprint density at radius 1 is 1.83 bits per heavy atom. The number of carbonyl (C=O) groups is 1. The van der Waals surface area contributed by atoms with E-state index in [1.165, 1.54) is 0 Å². The second-order valence-electron chi connectivity index (χ2n) is 2.58. The zero-order valence-electron chi connectivity index (χ0n) is 6.91. The Morgan fingerprint density at radius 2 is 2.67 bits per heavy atom. The van der Waals surface area contributed by atoms with Crippen molar-refractivity contribution in [1.29, 1.82) is 0 Å². The normalized spacial score (nSPS) is 23.2. The van der Waals surface area contributed by atoms with Crippen molar-refractivity contribution in [2.24, 2.45) is 5.92 Å². The highest BCUT2D eigenvalue weighted by Gasteiger charge is 2.24. The van der Waals surface area contributed by atoms with E-state index >= 15 is 0 Å². The van der Waals surface area contributed by atoms with Crippen molar-refractivity contribution < 1.29 is 14.3 Å². The van der Waals surface area contributed by atoms with Gasteiger partial charge in [0.25, 0.3) is 0 Å². The summed E-state index contributed by atoms with van der Waals surface area (Å²) in [6, 6.07) is 0. The molecule has 0 spiro atoms. The fourth-order valence-corrected chi connectivity index (χ4v) is 0.986. The van der Waals surface area contributed by atoms with E-state index in [1.807, 2.05) is 0 Å². The fraction of sp³-hybridized carbons (Fsp3) is 0.556. The molecule has 0 bridgehead atoms. The predicted octanol–water partition coefficient (Wildman–Crippen LogP) is 1.18. The highest BCUT2D eigenvalue weighted by Crippen LogP contribution is 2.18. The average Bonchev–Trinajstić information content (AvgIpc) is 2.15. The van der Waals surface area contributed by atoms with Crippen LogP contribution >= 0.6 is 0 Å². The Kier molecular flexibility index (Phi) is 3.80. The van der Waals surface area contributed by atoms with E-state index in [-0.39, 0.29) is 18.5 Å². The Bertz CT molecular complexity index is 159. The molecule has 1 fully saturated rings. The topological polar surface area (TPSA) is 35.5 Å². The maximum atomic E-state index is 11.1. The summed E-state index contributed by atoms with van der Waals surface area (Å²) in [6.07, 6.45) is 3.21. The fourth-order valence-electron chi connectivity index (χ4n) is 0.986. The molecule has 0 N–H and O–H groups in total. The molecule has 1 aliphatic rings. The lowest BCUT2D eigenvalue weighted by atomic mass is 10.0. The van der Waals surface area contributed by atoms with Crippen LogP contribution in [0.5, 0.6) is 0 Å². The van der Waals surface area contributed by atoms with E-state index < -0.39 is 0 Å². The second-order valence-corrected chi connectivity index (χ2v) is 2.58. The molecule has 1 unspecified atom stereocenters. The van der Waals surface area contributed by atoms with E-state index in [9.17, 15) is 4.79 Å². The van der Waals surface area contributed by atoms with Crippen LogP contribution in [0.3, 0.4) is 0 Å². The summed E-state index contributed by atoms with van der Waals surface area (Å²) in [5.41, 5.74) is 0. The van der Waals surface area contributed by atoms with Crippen molar-refractivity contribution in [2.75, 3.05) is 13.2 Å². The van der Waals surface area contributed by atoms with Gasteiger partial charge in [-0.15, -0.1) is 0 Å². The Labute approximate surface area is 72.4 Å². The number of hydrogen-bond acceptors (Lipinski definition) is 3. The van der Waals surface area contributed by atoms with Gasteiger partial charge in [0, 0.05) is 6.61 Å². The first-order valence-corrected chi connectivity index (χ1v) is 3.99. The van der Waals surface area contributed by atoms with Gasteiger partial charge in [0.1, 0.15) is 13.2 Å². The second kappa shape index (κ2) is 4.93. The molecule has 0 saturated carbocycles. The standard InChI is InChI=1S/C9H12O3/c1-2-5-12-9(10)8-4-3-6-11-7-8/h2,8H,1,3-6H2. The summed E-state index contributed by atoms with van der Waals surface area (Å²) in [7, 11) is 0. The van der Waals surface area contributed by atoms with Crippen LogP contribution < -0.4 is 0 Å². The first-order chi connectivity index (χ1) is 5.84. The average molecular weight is 168 g/mol. The molecule has 1 atom stereocenters. The minimum absolute atomic E-state index is 0.261. The van der Waals surface area contributed by atoms with E-state index in [2.05, 4.69) is 13.2 Å². The van der Waals surface area contributed by atoms with Crippen LogP contribution in [-0.2, 0) is 14.3 Å². The molecule has 1 saturated heterocycles. The van der Waals surface area contributed by atoms with Crippen LogP contribution in [0, 0.1) is 12.5 Å². The summed E-state index contributed by atoms with van der Waals surface area (Å²) >= 11 is 0. The van der Waals surface area contributed by atoms with Crippen LogP contribution in [0.2, 0.25) is 0 Å². The summed E-state index contributed by atoms with van der Waals surface area (Å²) in [6.45, 7) is 6.99. The lowest BCUT2D eigenvalue weighted by molar-refractivity contribution is -0.149. The summed E-state index contributed by atoms with van der Waals surface area (Å²) in [5, 5.41) is 0. The third kappa shape index (κ3) is 2.66. The molecule has 0 aromatic rings. The quantitative estimate of drug-likeness (QED) is 0.469. The lowest BCUT2D eigenvalue weighted by Gasteiger charge is -2.18. The summed E-state index contributed by atoms with van der Waals surface area (Å²) in [4.78, 5) is 11.1. The molecule has 3 nitrogen and oxygen atoms in total. The van der Waals surface area contributed by atoms with Crippen LogP contribution in [-0.4, -0.2) is 19.2 Å². The Hall–Kier alpha value is -0.830. The van der Waals surface area contributed by atoms with Gasteiger partial charge in [0.05, 0.1) is 5.92 Å². The zero-order valence-corrected chi connectivity index (χ0v) is 6.91. The van der Waals surface area contributed by atoms with Crippen LogP contribution in [0.15, 0.2) is 12.7 Å². The SMILES string of the molecule is C=CCOC(=O)C1[C]OCCC1. The molecular weight excluding hydrogens is 156 g/mol. The van der Waals surface area contributed by atoms with Crippen LogP contribution in [0.1, 0.15) is 12.8 Å². The number of carbonyl (C=O) groups excluding carboxylic acids is 1. The van der Waals surface area contributed by atoms with Crippen molar-refractivity contribution in [3.8, 4) is 0 Å². The Balaban J connectivity index is 2.24. The maximum absolute atomic E-state index is 11.1. The summed E-state index contributed by atoms with van der Waals surface area (Å²) < 4.78 is 9.74. The molecule has 0 amide bonds.